The van der Waals surface area contributed by atoms with Crippen molar-refractivity contribution < 1.29 is 24.4 Å². The summed E-state index contributed by atoms with van der Waals surface area (Å²) in [5.74, 6) is 1.45. The summed E-state index contributed by atoms with van der Waals surface area (Å²) in [6, 6.07) is 6.85. The number of methoxy groups -OCH3 is 3. The quantitative estimate of drug-likeness (QED) is 0.747. The third-order valence-electron chi connectivity index (χ3n) is 4.31. The van der Waals surface area contributed by atoms with Gasteiger partial charge in [-0.05, 0) is 47.4 Å². The molecule has 0 aromatic heterocycles. The fourth-order valence-electron chi connectivity index (χ4n) is 3.15. The molecule has 0 unspecified atom stereocenters. The van der Waals surface area contributed by atoms with Crippen LogP contribution in [0.3, 0.4) is 0 Å². The number of ether oxygens (including phenoxy) is 3. The van der Waals surface area contributed by atoms with Crippen molar-refractivity contribution in [2.45, 2.75) is 12.5 Å². The molecule has 0 saturated heterocycles. The van der Waals surface area contributed by atoms with E-state index in [1.165, 1.54) is 0 Å². The molecule has 0 radical (unpaired) electrons. The Balaban J connectivity index is 2.12. The van der Waals surface area contributed by atoms with Gasteiger partial charge in [0.2, 0.25) is 5.75 Å². The smallest absolute Gasteiger partial charge is 0.203 e. The Bertz CT molecular complexity index is 734. The second kappa shape index (κ2) is 6.49. The zero-order chi connectivity index (χ0) is 17.3. The van der Waals surface area contributed by atoms with Crippen LogP contribution in [0.25, 0.3) is 0 Å². The lowest BCUT2D eigenvalue weighted by atomic mass is 9.89. The molecule has 1 heterocycles. The first kappa shape index (κ1) is 16.3. The van der Waals surface area contributed by atoms with Gasteiger partial charge >= 0.3 is 0 Å². The number of hydrogen-bond donors (Lipinski definition) is 3. The molecule has 3 N–H and O–H groups in total. The second-order valence-corrected chi connectivity index (χ2v) is 5.64. The van der Waals surface area contributed by atoms with Crippen LogP contribution in [0.2, 0.25) is 0 Å². The zero-order valence-electron chi connectivity index (χ0n) is 13.9. The third-order valence-corrected chi connectivity index (χ3v) is 4.31. The van der Waals surface area contributed by atoms with Gasteiger partial charge in [0.25, 0.3) is 0 Å². The maximum atomic E-state index is 9.88. The van der Waals surface area contributed by atoms with E-state index < -0.39 is 0 Å². The Kier molecular flexibility index (Phi) is 4.40. The molecule has 0 spiro atoms. The van der Waals surface area contributed by atoms with Crippen LogP contribution >= 0.6 is 0 Å². The molecule has 6 nitrogen and oxygen atoms in total. The highest BCUT2D eigenvalue weighted by Crippen LogP contribution is 2.43. The number of benzene rings is 2. The molecule has 3 rings (SSSR count). The van der Waals surface area contributed by atoms with E-state index in [9.17, 15) is 10.2 Å². The highest BCUT2D eigenvalue weighted by Gasteiger charge is 2.25. The van der Waals surface area contributed by atoms with E-state index in [0.717, 1.165) is 29.7 Å². The van der Waals surface area contributed by atoms with E-state index in [1.54, 1.807) is 33.5 Å². The van der Waals surface area contributed by atoms with Crippen molar-refractivity contribution in [3.63, 3.8) is 0 Å². The molecule has 2 aromatic carbocycles. The van der Waals surface area contributed by atoms with Crippen LogP contribution < -0.4 is 19.5 Å². The largest absolute Gasteiger partial charge is 0.504 e. The molecular weight excluding hydrogens is 310 g/mol. The van der Waals surface area contributed by atoms with Crippen molar-refractivity contribution in [1.29, 1.82) is 0 Å². The van der Waals surface area contributed by atoms with Crippen LogP contribution in [-0.4, -0.2) is 38.1 Å². The molecule has 0 bridgehead atoms. The lowest BCUT2D eigenvalue weighted by Gasteiger charge is -2.28. The molecule has 1 aliphatic heterocycles. The predicted molar refractivity (Wildman–Crippen MR) is 89.4 cm³/mol. The van der Waals surface area contributed by atoms with Crippen LogP contribution in [0.15, 0.2) is 24.3 Å². The van der Waals surface area contributed by atoms with Gasteiger partial charge in [-0.25, -0.2) is 0 Å². The van der Waals surface area contributed by atoms with Gasteiger partial charge in [-0.15, -0.1) is 0 Å². The fourth-order valence-corrected chi connectivity index (χ4v) is 3.15. The minimum Gasteiger partial charge on any atom is -0.504 e. The van der Waals surface area contributed by atoms with Gasteiger partial charge in [0.1, 0.15) is 0 Å². The third kappa shape index (κ3) is 2.69. The van der Waals surface area contributed by atoms with Crippen molar-refractivity contribution in [3.05, 3.63) is 41.0 Å². The molecule has 2 aromatic rings. The molecule has 128 valence electrons. The first-order chi connectivity index (χ1) is 11.6. The Morgan fingerprint density at radius 3 is 2.12 bits per heavy atom. The van der Waals surface area contributed by atoms with Crippen molar-refractivity contribution in [2.24, 2.45) is 0 Å². The highest BCUT2D eigenvalue weighted by atomic mass is 16.5. The SMILES string of the molecule is COc1cc([C@H]2NCCc3cc(O)c(O)cc32)cc(OC)c1OC. The van der Waals surface area contributed by atoms with Crippen LogP contribution in [0, 0.1) is 0 Å². The molecule has 0 saturated carbocycles. The number of aromatic hydroxyl groups is 2. The lowest BCUT2D eigenvalue weighted by molar-refractivity contribution is 0.323. The minimum absolute atomic E-state index is 0.0979. The summed E-state index contributed by atoms with van der Waals surface area (Å²) in [7, 11) is 4.72. The molecule has 1 aliphatic rings. The molecule has 0 aliphatic carbocycles. The summed E-state index contributed by atoms with van der Waals surface area (Å²) < 4.78 is 16.2. The first-order valence-electron chi connectivity index (χ1n) is 7.67. The molecule has 0 fully saturated rings. The Labute approximate surface area is 140 Å². The van der Waals surface area contributed by atoms with Crippen LogP contribution in [-0.2, 0) is 6.42 Å². The van der Waals surface area contributed by atoms with Crippen LogP contribution in [0.1, 0.15) is 22.7 Å². The molecule has 1 atom stereocenters. The van der Waals surface area contributed by atoms with Gasteiger partial charge in [0.05, 0.1) is 27.4 Å². The highest BCUT2D eigenvalue weighted by molar-refractivity contribution is 5.57. The van der Waals surface area contributed by atoms with E-state index in [2.05, 4.69) is 5.32 Å². The Morgan fingerprint density at radius 2 is 1.54 bits per heavy atom. The molecular formula is C18H21NO5. The summed E-state index contributed by atoms with van der Waals surface area (Å²) in [6.07, 6.45) is 0.782. The van der Waals surface area contributed by atoms with Crippen molar-refractivity contribution in [3.8, 4) is 28.7 Å². The number of nitrogens with one attached hydrogen (secondary N) is 1. The van der Waals surface area contributed by atoms with E-state index in [-0.39, 0.29) is 17.5 Å². The Hall–Kier alpha value is -2.60. The first-order valence-corrected chi connectivity index (χ1v) is 7.67. The van der Waals surface area contributed by atoms with Gasteiger partial charge in [0, 0.05) is 6.54 Å². The average Bonchev–Trinajstić information content (AvgIpc) is 2.60. The van der Waals surface area contributed by atoms with Crippen molar-refractivity contribution >= 4 is 0 Å². The Morgan fingerprint density at radius 1 is 0.917 bits per heavy atom. The topological polar surface area (TPSA) is 80.2 Å². The van der Waals surface area contributed by atoms with Crippen LogP contribution in [0.5, 0.6) is 28.7 Å². The second-order valence-electron chi connectivity index (χ2n) is 5.64. The normalized spacial score (nSPS) is 16.4. The summed E-state index contributed by atoms with van der Waals surface area (Å²) in [5, 5.41) is 23.0. The van der Waals surface area contributed by atoms with Gasteiger partial charge in [-0.1, -0.05) is 0 Å². The minimum atomic E-state index is -0.144. The maximum absolute atomic E-state index is 9.88. The average molecular weight is 331 g/mol. The van der Waals surface area contributed by atoms with E-state index in [0.29, 0.717) is 17.2 Å². The van der Waals surface area contributed by atoms with Gasteiger partial charge < -0.3 is 29.7 Å². The monoisotopic (exact) mass is 331 g/mol. The van der Waals surface area contributed by atoms with Gasteiger partial charge in [-0.2, -0.15) is 0 Å². The van der Waals surface area contributed by atoms with E-state index in [1.807, 2.05) is 12.1 Å². The molecule has 6 heteroatoms. The number of fused-ring (bicyclic) bond motifs is 1. The predicted octanol–water partition coefficient (Wildman–Crippen LogP) is 2.36. The summed E-state index contributed by atoms with van der Waals surface area (Å²) in [5.41, 5.74) is 2.85. The van der Waals surface area contributed by atoms with Crippen molar-refractivity contribution in [1.82, 2.24) is 5.32 Å². The summed E-state index contributed by atoms with van der Waals surface area (Å²) >= 11 is 0. The van der Waals surface area contributed by atoms with Crippen LogP contribution in [0.4, 0.5) is 0 Å². The molecule has 0 amide bonds. The fraction of sp³-hybridized carbons (Fsp3) is 0.333. The number of phenols is 2. The van der Waals surface area contributed by atoms with Crippen molar-refractivity contribution in [2.75, 3.05) is 27.9 Å². The van der Waals surface area contributed by atoms with E-state index in [4.69, 9.17) is 14.2 Å². The summed E-state index contributed by atoms with van der Waals surface area (Å²) in [4.78, 5) is 0. The summed E-state index contributed by atoms with van der Waals surface area (Å²) in [6.45, 7) is 0.762. The maximum Gasteiger partial charge on any atom is 0.203 e. The molecule has 24 heavy (non-hydrogen) atoms. The van der Waals surface area contributed by atoms with Gasteiger partial charge in [0.15, 0.2) is 23.0 Å². The lowest BCUT2D eigenvalue weighted by Crippen LogP contribution is -2.30. The number of hydrogen-bond acceptors (Lipinski definition) is 6. The standard InChI is InChI=1S/C18H21NO5/c1-22-15-7-11(8-16(23-2)18(15)24-3)17-12-9-14(21)13(20)6-10(12)4-5-19-17/h6-9,17,19-21H,4-5H2,1-3H3/t17-/m1/s1. The van der Waals surface area contributed by atoms with E-state index >= 15 is 0 Å². The number of phenolic OH excluding ortho intramolecular Hbond substituents is 2. The van der Waals surface area contributed by atoms with Gasteiger partial charge in [-0.3, -0.25) is 0 Å². The number of rotatable bonds is 4. The zero-order valence-corrected chi connectivity index (χ0v) is 13.9.